The van der Waals surface area contributed by atoms with Crippen LogP contribution in [0.25, 0.3) is 0 Å². The Bertz CT molecular complexity index is 583. The van der Waals surface area contributed by atoms with Crippen molar-refractivity contribution >= 4 is 17.6 Å². The number of rotatable bonds is 6. The molecule has 8 heteroatoms. The number of methoxy groups -OCH3 is 1. The lowest BCUT2D eigenvalue weighted by atomic mass is 10.2. The Morgan fingerprint density at radius 1 is 1.52 bits per heavy atom. The Balaban J connectivity index is 1.54. The van der Waals surface area contributed by atoms with Crippen molar-refractivity contribution in [2.24, 2.45) is 5.92 Å². The van der Waals surface area contributed by atoms with Crippen molar-refractivity contribution in [3.05, 3.63) is 12.4 Å². The first-order chi connectivity index (χ1) is 11.1. The van der Waals surface area contributed by atoms with Crippen molar-refractivity contribution < 1.29 is 14.3 Å². The molecule has 3 rings (SSSR count). The summed E-state index contributed by atoms with van der Waals surface area (Å²) in [4.78, 5) is 27.2. The van der Waals surface area contributed by atoms with E-state index in [1.165, 1.54) is 17.7 Å². The van der Waals surface area contributed by atoms with Gasteiger partial charge in [-0.15, -0.1) is 0 Å². The van der Waals surface area contributed by atoms with Crippen LogP contribution >= 0.6 is 0 Å². The second kappa shape index (κ2) is 6.57. The summed E-state index contributed by atoms with van der Waals surface area (Å²) in [6, 6.07) is 0.0791. The van der Waals surface area contributed by atoms with Gasteiger partial charge in [0.2, 0.25) is 5.91 Å². The molecule has 0 radical (unpaired) electrons. The lowest BCUT2D eigenvalue weighted by Gasteiger charge is -2.17. The lowest BCUT2D eigenvalue weighted by Crippen LogP contribution is -2.35. The van der Waals surface area contributed by atoms with Gasteiger partial charge in [-0.05, 0) is 25.7 Å². The molecule has 3 amide bonds. The predicted molar refractivity (Wildman–Crippen MR) is 83.8 cm³/mol. The summed E-state index contributed by atoms with van der Waals surface area (Å²) in [6.07, 6.45) is 5.99. The number of urea groups is 1. The third-order valence-corrected chi connectivity index (χ3v) is 4.45. The molecule has 2 heterocycles. The van der Waals surface area contributed by atoms with Gasteiger partial charge >= 0.3 is 6.03 Å². The summed E-state index contributed by atoms with van der Waals surface area (Å²) in [5.74, 6) is 0.638. The monoisotopic (exact) mass is 321 g/mol. The molecule has 1 aliphatic carbocycles. The number of carbonyl (C=O) groups is 2. The van der Waals surface area contributed by atoms with E-state index in [1.807, 2.05) is 10.9 Å². The summed E-state index contributed by atoms with van der Waals surface area (Å²) < 4.78 is 6.87. The minimum atomic E-state index is -0.281. The van der Waals surface area contributed by atoms with E-state index in [0.717, 1.165) is 0 Å². The van der Waals surface area contributed by atoms with Gasteiger partial charge in [0, 0.05) is 19.9 Å². The van der Waals surface area contributed by atoms with Crippen molar-refractivity contribution in [3.8, 4) is 0 Å². The fourth-order valence-electron chi connectivity index (χ4n) is 2.75. The van der Waals surface area contributed by atoms with Gasteiger partial charge in [0.05, 0.1) is 31.2 Å². The van der Waals surface area contributed by atoms with Gasteiger partial charge in [0.15, 0.2) is 0 Å². The van der Waals surface area contributed by atoms with Gasteiger partial charge in [-0.25, -0.2) is 4.79 Å². The van der Waals surface area contributed by atoms with Crippen LogP contribution in [0.2, 0.25) is 0 Å². The molecule has 1 aromatic rings. The van der Waals surface area contributed by atoms with Gasteiger partial charge in [-0.2, -0.15) is 5.10 Å². The molecule has 1 atom stereocenters. The maximum absolute atomic E-state index is 12.3. The number of hydrogen-bond donors (Lipinski definition) is 1. The van der Waals surface area contributed by atoms with Gasteiger partial charge in [0.1, 0.15) is 6.54 Å². The van der Waals surface area contributed by atoms with E-state index < -0.39 is 0 Å². The second-order valence-corrected chi connectivity index (χ2v) is 6.21. The molecule has 1 unspecified atom stereocenters. The van der Waals surface area contributed by atoms with Crippen LogP contribution in [0.5, 0.6) is 0 Å². The smallest absolute Gasteiger partial charge is 0.323 e. The highest BCUT2D eigenvalue weighted by atomic mass is 16.5. The minimum absolute atomic E-state index is 0.0600. The molecule has 23 heavy (non-hydrogen) atoms. The highest BCUT2D eigenvalue weighted by molar-refractivity contribution is 5.94. The quantitative estimate of drug-likeness (QED) is 0.852. The number of nitrogens with one attached hydrogen (secondary N) is 1. The number of amides is 3. The largest absolute Gasteiger partial charge is 0.383 e. The van der Waals surface area contributed by atoms with Crippen LogP contribution in [-0.4, -0.2) is 65.0 Å². The molecule has 1 saturated heterocycles. The van der Waals surface area contributed by atoms with Crippen molar-refractivity contribution in [1.82, 2.24) is 19.6 Å². The van der Waals surface area contributed by atoms with Gasteiger partial charge in [-0.3, -0.25) is 14.4 Å². The van der Waals surface area contributed by atoms with Crippen LogP contribution < -0.4 is 5.32 Å². The summed E-state index contributed by atoms with van der Waals surface area (Å²) in [5.41, 5.74) is 0.658. The Hall–Kier alpha value is -2.09. The molecule has 0 bridgehead atoms. The zero-order chi connectivity index (χ0) is 16.4. The highest BCUT2D eigenvalue weighted by Crippen LogP contribution is 2.39. The predicted octanol–water partition coefficient (Wildman–Crippen LogP) is 1.13. The fourth-order valence-corrected chi connectivity index (χ4v) is 2.75. The normalized spacial score (nSPS) is 19.3. The van der Waals surface area contributed by atoms with Crippen LogP contribution in [0.3, 0.4) is 0 Å². The molecule has 126 valence electrons. The van der Waals surface area contributed by atoms with Gasteiger partial charge in [-0.1, -0.05) is 0 Å². The number of carbonyl (C=O) groups excluding carboxylic acids is 2. The van der Waals surface area contributed by atoms with Crippen molar-refractivity contribution in [1.29, 1.82) is 0 Å². The molecule has 0 aromatic carbocycles. The number of ether oxygens (including phenoxy) is 1. The van der Waals surface area contributed by atoms with E-state index in [1.54, 1.807) is 18.2 Å². The van der Waals surface area contributed by atoms with Gasteiger partial charge < -0.3 is 15.0 Å². The molecule has 0 spiro atoms. The Morgan fingerprint density at radius 2 is 2.30 bits per heavy atom. The van der Waals surface area contributed by atoms with Crippen LogP contribution in [0.15, 0.2) is 12.4 Å². The summed E-state index contributed by atoms with van der Waals surface area (Å²) >= 11 is 0. The summed E-state index contributed by atoms with van der Waals surface area (Å²) in [6.45, 7) is 3.49. The van der Waals surface area contributed by atoms with E-state index in [9.17, 15) is 9.59 Å². The summed E-state index contributed by atoms with van der Waals surface area (Å²) in [5, 5.41) is 7.13. The van der Waals surface area contributed by atoms with E-state index in [-0.39, 0.29) is 18.5 Å². The van der Waals surface area contributed by atoms with Crippen molar-refractivity contribution in [2.45, 2.75) is 25.8 Å². The molecule has 1 N–H and O–H groups in total. The van der Waals surface area contributed by atoms with Crippen LogP contribution in [0, 0.1) is 5.92 Å². The van der Waals surface area contributed by atoms with Crippen molar-refractivity contribution in [2.75, 3.05) is 38.8 Å². The Kier molecular flexibility index (Phi) is 4.51. The maximum Gasteiger partial charge on any atom is 0.323 e. The molecular weight excluding hydrogens is 298 g/mol. The molecule has 1 saturated carbocycles. The second-order valence-electron chi connectivity index (χ2n) is 6.21. The number of anilines is 1. The van der Waals surface area contributed by atoms with Crippen LogP contribution in [0.4, 0.5) is 10.5 Å². The fraction of sp³-hybridized carbons (Fsp3) is 0.667. The maximum atomic E-state index is 12.3. The Morgan fingerprint density at radius 3 is 3.00 bits per heavy atom. The highest BCUT2D eigenvalue weighted by Gasteiger charge is 2.31. The average Bonchev–Trinajstić information content (AvgIpc) is 3.17. The number of nitrogens with zero attached hydrogens (tertiary/aromatic N) is 4. The Labute approximate surface area is 135 Å². The minimum Gasteiger partial charge on any atom is -0.383 e. The van der Waals surface area contributed by atoms with E-state index in [2.05, 4.69) is 17.3 Å². The third kappa shape index (κ3) is 3.64. The third-order valence-electron chi connectivity index (χ3n) is 4.45. The standard InChI is InChI=1S/C15H23N5O3/c1-11(12-3-4-12)20-8-13(7-16-20)17-15(22)19-9-14(21)18(10-19)5-6-23-2/h7-8,11-12H,3-6,9-10H2,1-2H3,(H,17,22). The SMILES string of the molecule is COCCN1CN(C(=O)Nc2cnn(C(C)C3CC3)c2)CC1=O. The molecule has 2 fully saturated rings. The van der Waals surface area contributed by atoms with Crippen LogP contribution in [0.1, 0.15) is 25.8 Å². The first-order valence-corrected chi connectivity index (χ1v) is 7.95. The van der Waals surface area contributed by atoms with Crippen molar-refractivity contribution in [3.63, 3.8) is 0 Å². The lowest BCUT2D eigenvalue weighted by molar-refractivity contribution is -0.127. The van der Waals surface area contributed by atoms with E-state index in [4.69, 9.17) is 4.74 Å². The van der Waals surface area contributed by atoms with E-state index in [0.29, 0.717) is 37.5 Å². The first-order valence-electron chi connectivity index (χ1n) is 7.95. The van der Waals surface area contributed by atoms with Gasteiger partial charge in [0.25, 0.3) is 0 Å². The number of hydrogen-bond acceptors (Lipinski definition) is 4. The number of aromatic nitrogens is 2. The first kappa shape index (κ1) is 15.8. The van der Waals surface area contributed by atoms with E-state index >= 15 is 0 Å². The molecule has 1 aliphatic heterocycles. The van der Waals surface area contributed by atoms with Crippen LogP contribution in [-0.2, 0) is 9.53 Å². The molecule has 2 aliphatic rings. The molecular formula is C15H23N5O3. The zero-order valence-corrected chi connectivity index (χ0v) is 13.6. The topological polar surface area (TPSA) is 79.7 Å². The average molecular weight is 321 g/mol. The zero-order valence-electron chi connectivity index (χ0n) is 13.6. The molecule has 8 nitrogen and oxygen atoms in total. The summed E-state index contributed by atoms with van der Waals surface area (Å²) in [7, 11) is 1.59. The molecule has 1 aromatic heterocycles.